The van der Waals surface area contributed by atoms with Crippen LogP contribution in [0.4, 0.5) is 18.9 Å². The fraction of sp³-hybridized carbons (Fsp3) is 0.188. The SMILES string of the molecule is Cc1nc2scc(C)n2c1C=NNC(=S)Nc1ccccc1C(F)(F)F. The Morgan fingerprint density at radius 3 is 2.77 bits per heavy atom. The lowest BCUT2D eigenvalue weighted by Gasteiger charge is -2.14. The molecule has 0 bridgehead atoms. The summed E-state index contributed by atoms with van der Waals surface area (Å²) in [6.07, 6.45) is -2.93. The molecule has 0 spiro atoms. The van der Waals surface area contributed by atoms with Crippen LogP contribution in [0.2, 0.25) is 0 Å². The van der Waals surface area contributed by atoms with Crippen LogP contribution in [0.3, 0.4) is 0 Å². The standard InChI is InChI=1S/C16H14F3N5S2/c1-9-8-26-15-21-10(2)13(24(9)15)7-20-23-14(25)22-12-6-4-3-5-11(12)16(17,18)19/h3-8H,1-2H3,(H2,22,23,25). The zero-order chi connectivity index (χ0) is 18.9. The van der Waals surface area contributed by atoms with Crippen LogP contribution < -0.4 is 10.7 Å². The predicted molar refractivity (Wildman–Crippen MR) is 101 cm³/mol. The molecule has 0 saturated heterocycles. The highest BCUT2D eigenvalue weighted by molar-refractivity contribution is 7.80. The minimum Gasteiger partial charge on any atom is -0.331 e. The summed E-state index contributed by atoms with van der Waals surface area (Å²) in [7, 11) is 0. The summed E-state index contributed by atoms with van der Waals surface area (Å²) < 4.78 is 40.9. The molecule has 2 heterocycles. The summed E-state index contributed by atoms with van der Waals surface area (Å²) in [6, 6.07) is 5.11. The fourth-order valence-electron chi connectivity index (χ4n) is 2.42. The van der Waals surface area contributed by atoms with Crippen molar-refractivity contribution in [1.29, 1.82) is 0 Å². The monoisotopic (exact) mass is 397 g/mol. The molecule has 1 aromatic carbocycles. The molecule has 26 heavy (non-hydrogen) atoms. The fourth-order valence-corrected chi connectivity index (χ4v) is 3.50. The maximum absolute atomic E-state index is 13.0. The zero-order valence-electron chi connectivity index (χ0n) is 13.8. The van der Waals surface area contributed by atoms with Crippen LogP contribution in [0.1, 0.15) is 22.6 Å². The number of nitrogens with zero attached hydrogens (tertiary/aromatic N) is 3. The highest BCUT2D eigenvalue weighted by Crippen LogP contribution is 2.34. The van der Waals surface area contributed by atoms with Crippen LogP contribution in [-0.2, 0) is 6.18 Å². The van der Waals surface area contributed by atoms with E-state index in [-0.39, 0.29) is 10.8 Å². The van der Waals surface area contributed by atoms with Gasteiger partial charge in [0.1, 0.15) is 0 Å². The van der Waals surface area contributed by atoms with Crippen molar-refractivity contribution >= 4 is 45.5 Å². The second kappa shape index (κ2) is 7.04. The van der Waals surface area contributed by atoms with Gasteiger partial charge in [-0.2, -0.15) is 18.3 Å². The number of anilines is 1. The molecule has 0 unspecified atom stereocenters. The van der Waals surface area contributed by atoms with Gasteiger partial charge in [-0.3, -0.25) is 9.83 Å². The van der Waals surface area contributed by atoms with Gasteiger partial charge < -0.3 is 5.32 Å². The number of aryl methyl sites for hydroxylation is 2. The minimum absolute atomic E-state index is 0.0431. The lowest BCUT2D eigenvalue weighted by Crippen LogP contribution is -2.25. The van der Waals surface area contributed by atoms with Gasteiger partial charge in [-0.1, -0.05) is 12.1 Å². The van der Waals surface area contributed by atoms with Gasteiger partial charge in [-0.05, 0) is 38.2 Å². The first-order valence-electron chi connectivity index (χ1n) is 7.47. The number of hydrogen-bond acceptors (Lipinski definition) is 4. The molecule has 2 aromatic heterocycles. The van der Waals surface area contributed by atoms with Crippen molar-refractivity contribution < 1.29 is 13.2 Å². The molecule has 0 aliphatic rings. The molecule has 5 nitrogen and oxygen atoms in total. The molecule has 10 heteroatoms. The number of fused-ring (bicyclic) bond motifs is 1. The molecule has 0 fully saturated rings. The second-order valence-electron chi connectivity index (χ2n) is 5.44. The van der Waals surface area contributed by atoms with E-state index in [2.05, 4.69) is 20.8 Å². The Kier molecular flexibility index (Phi) is 4.97. The van der Waals surface area contributed by atoms with Gasteiger partial charge in [0.2, 0.25) is 0 Å². The van der Waals surface area contributed by atoms with E-state index in [9.17, 15) is 13.2 Å². The van der Waals surface area contributed by atoms with Crippen molar-refractivity contribution in [2.24, 2.45) is 5.10 Å². The van der Waals surface area contributed by atoms with Crippen LogP contribution in [0.5, 0.6) is 0 Å². The van der Waals surface area contributed by atoms with Crippen molar-refractivity contribution in [2.75, 3.05) is 5.32 Å². The number of benzene rings is 1. The zero-order valence-corrected chi connectivity index (χ0v) is 15.4. The van der Waals surface area contributed by atoms with Gasteiger partial charge in [0.25, 0.3) is 0 Å². The first-order chi connectivity index (χ1) is 12.3. The molecule has 136 valence electrons. The summed E-state index contributed by atoms with van der Waals surface area (Å²) in [6.45, 7) is 3.81. The summed E-state index contributed by atoms with van der Waals surface area (Å²) in [4.78, 5) is 5.28. The first-order valence-corrected chi connectivity index (χ1v) is 8.75. The Morgan fingerprint density at radius 2 is 2.04 bits per heavy atom. The third-order valence-electron chi connectivity index (χ3n) is 3.59. The number of para-hydroxylation sites is 1. The van der Waals surface area contributed by atoms with Gasteiger partial charge in [0, 0.05) is 11.1 Å². The highest BCUT2D eigenvalue weighted by Gasteiger charge is 2.33. The number of hydrogen-bond donors (Lipinski definition) is 2. The van der Waals surface area contributed by atoms with Crippen molar-refractivity contribution in [3.8, 4) is 0 Å². The molecule has 2 N–H and O–H groups in total. The molecule has 0 atom stereocenters. The quantitative estimate of drug-likeness (QED) is 0.392. The van der Waals surface area contributed by atoms with Gasteiger partial charge in [-0.25, -0.2) is 4.98 Å². The smallest absolute Gasteiger partial charge is 0.331 e. The predicted octanol–water partition coefficient (Wildman–Crippen LogP) is 4.35. The van der Waals surface area contributed by atoms with Crippen molar-refractivity contribution in [3.63, 3.8) is 0 Å². The summed E-state index contributed by atoms with van der Waals surface area (Å²) in [5, 5.41) is 8.47. The lowest BCUT2D eigenvalue weighted by atomic mass is 10.2. The van der Waals surface area contributed by atoms with Gasteiger partial charge in [-0.15, -0.1) is 11.3 Å². The number of thiazole rings is 1. The van der Waals surface area contributed by atoms with E-state index >= 15 is 0 Å². The lowest BCUT2D eigenvalue weighted by molar-refractivity contribution is -0.136. The Bertz CT molecular complexity index is 988. The number of aromatic nitrogens is 2. The van der Waals surface area contributed by atoms with Gasteiger partial charge in [0.15, 0.2) is 10.1 Å². The van der Waals surface area contributed by atoms with Crippen LogP contribution in [-0.4, -0.2) is 20.7 Å². The molecule has 0 saturated carbocycles. The summed E-state index contributed by atoms with van der Waals surface area (Å²) in [5.74, 6) is 0. The molecule has 0 amide bonds. The third kappa shape index (κ3) is 3.70. The maximum atomic E-state index is 13.0. The Labute approximate surface area is 156 Å². The van der Waals surface area contributed by atoms with E-state index < -0.39 is 11.7 Å². The van der Waals surface area contributed by atoms with E-state index in [1.165, 1.54) is 29.5 Å². The van der Waals surface area contributed by atoms with Crippen molar-refractivity contribution in [3.05, 3.63) is 52.3 Å². The number of thiocarbonyl (C=S) groups is 1. The van der Waals surface area contributed by atoms with Crippen molar-refractivity contribution in [2.45, 2.75) is 20.0 Å². The van der Waals surface area contributed by atoms with Crippen LogP contribution in [0.25, 0.3) is 4.96 Å². The second-order valence-corrected chi connectivity index (χ2v) is 6.69. The van der Waals surface area contributed by atoms with E-state index in [1.54, 1.807) is 6.21 Å². The largest absolute Gasteiger partial charge is 0.418 e. The first kappa shape index (κ1) is 18.3. The van der Waals surface area contributed by atoms with E-state index in [0.717, 1.165) is 28.1 Å². The summed E-state index contributed by atoms with van der Waals surface area (Å²) in [5.41, 5.74) is 4.21. The number of hydrazone groups is 1. The van der Waals surface area contributed by atoms with Crippen LogP contribution in [0.15, 0.2) is 34.7 Å². The van der Waals surface area contributed by atoms with E-state index in [4.69, 9.17) is 12.2 Å². The maximum Gasteiger partial charge on any atom is 0.418 e. The van der Waals surface area contributed by atoms with E-state index in [0.29, 0.717) is 0 Å². The molecule has 3 rings (SSSR count). The number of nitrogens with one attached hydrogen (secondary N) is 2. The number of alkyl halides is 3. The number of imidazole rings is 1. The molecule has 0 radical (unpaired) electrons. The normalized spacial score (nSPS) is 12.0. The van der Waals surface area contributed by atoms with Gasteiger partial charge >= 0.3 is 6.18 Å². The number of halogens is 3. The average molecular weight is 397 g/mol. The Hall–Kier alpha value is -2.46. The minimum atomic E-state index is -4.47. The van der Waals surface area contributed by atoms with Gasteiger partial charge in [0.05, 0.1) is 28.9 Å². The molecule has 3 aromatic rings. The highest BCUT2D eigenvalue weighted by atomic mass is 32.1. The summed E-state index contributed by atoms with van der Waals surface area (Å²) >= 11 is 6.55. The molecular weight excluding hydrogens is 383 g/mol. The topological polar surface area (TPSA) is 53.7 Å². The van der Waals surface area contributed by atoms with Crippen LogP contribution >= 0.6 is 23.6 Å². The molecule has 0 aliphatic heterocycles. The van der Waals surface area contributed by atoms with E-state index in [1.807, 2.05) is 23.6 Å². The molecule has 0 aliphatic carbocycles. The average Bonchev–Trinajstić information content (AvgIpc) is 3.07. The number of rotatable bonds is 3. The third-order valence-corrected chi connectivity index (χ3v) is 4.72. The Morgan fingerprint density at radius 1 is 1.31 bits per heavy atom. The van der Waals surface area contributed by atoms with Crippen molar-refractivity contribution in [1.82, 2.24) is 14.8 Å². The Balaban J connectivity index is 1.73. The molecular formula is C16H14F3N5S2. The van der Waals surface area contributed by atoms with Crippen LogP contribution in [0, 0.1) is 13.8 Å².